The molecule has 4 heteroatoms. The zero-order valence-corrected chi connectivity index (χ0v) is 17.1. The number of hydrogen-bond acceptors (Lipinski definition) is 3. The van der Waals surface area contributed by atoms with Gasteiger partial charge in [-0.15, -0.1) is 0 Å². The van der Waals surface area contributed by atoms with Crippen LogP contribution in [0, 0.1) is 40.5 Å². The predicted molar refractivity (Wildman–Crippen MR) is 111 cm³/mol. The van der Waals surface area contributed by atoms with Crippen LogP contribution in [0.15, 0.2) is 12.1 Å². The van der Waals surface area contributed by atoms with E-state index in [2.05, 4.69) is 56.2 Å². The third-order valence-corrected chi connectivity index (χ3v) is 6.25. The van der Waals surface area contributed by atoms with Crippen LogP contribution in [0.2, 0.25) is 0 Å². The Morgan fingerprint density at radius 1 is 0.963 bits per heavy atom. The first kappa shape index (κ1) is 16.8. The van der Waals surface area contributed by atoms with E-state index in [0.717, 1.165) is 30.2 Å². The molecule has 140 valence electrons. The summed E-state index contributed by atoms with van der Waals surface area (Å²) in [5, 5.41) is 5.00. The standard InChI is InChI=1S/C23H28N4/c1-13-10-14(2)20(15(3)11-13)21-17(5)25-27-22(21)24-16(4)19-8-9-26(23(19)27)12-18-6-7-18/h10-11,18H,6-9,12H2,1-5H3. The fraction of sp³-hybridized carbons (Fsp3) is 0.478. The van der Waals surface area contributed by atoms with Gasteiger partial charge in [0.25, 0.3) is 0 Å². The Labute approximate surface area is 161 Å². The van der Waals surface area contributed by atoms with Crippen LogP contribution in [0.5, 0.6) is 0 Å². The van der Waals surface area contributed by atoms with Crippen molar-refractivity contribution in [2.24, 2.45) is 5.92 Å². The minimum absolute atomic E-state index is 0.872. The van der Waals surface area contributed by atoms with E-state index in [-0.39, 0.29) is 0 Å². The van der Waals surface area contributed by atoms with E-state index in [1.54, 1.807) is 0 Å². The number of hydrogen-bond donors (Lipinski definition) is 0. The summed E-state index contributed by atoms with van der Waals surface area (Å²) in [5.41, 5.74) is 11.1. The summed E-state index contributed by atoms with van der Waals surface area (Å²) in [5.74, 6) is 2.17. The molecule has 0 spiro atoms. The lowest BCUT2D eigenvalue weighted by atomic mass is 9.94. The Kier molecular flexibility index (Phi) is 3.62. The Morgan fingerprint density at radius 2 is 1.67 bits per heavy atom. The van der Waals surface area contributed by atoms with Crippen LogP contribution in [-0.2, 0) is 6.42 Å². The maximum absolute atomic E-state index is 5.05. The Hall–Kier alpha value is -2.36. The summed E-state index contributed by atoms with van der Waals surface area (Å²) in [6.07, 6.45) is 3.85. The lowest BCUT2D eigenvalue weighted by Crippen LogP contribution is -2.25. The molecule has 0 unspecified atom stereocenters. The van der Waals surface area contributed by atoms with Crippen LogP contribution >= 0.6 is 0 Å². The monoisotopic (exact) mass is 360 g/mol. The predicted octanol–water partition coefficient (Wildman–Crippen LogP) is 4.71. The van der Waals surface area contributed by atoms with E-state index in [0.29, 0.717) is 0 Å². The Balaban J connectivity index is 1.77. The maximum Gasteiger partial charge on any atom is 0.165 e. The SMILES string of the molecule is Cc1cc(C)c(-c2c(C)nn3c4c(c(C)nc23)CCN4CC2CC2)c(C)c1. The highest BCUT2D eigenvalue weighted by atomic mass is 15.4. The van der Waals surface area contributed by atoms with Crippen molar-refractivity contribution in [2.75, 3.05) is 18.0 Å². The molecule has 1 aliphatic carbocycles. The molecule has 5 rings (SSSR count). The van der Waals surface area contributed by atoms with Crippen molar-refractivity contribution in [1.82, 2.24) is 14.6 Å². The van der Waals surface area contributed by atoms with Gasteiger partial charge >= 0.3 is 0 Å². The van der Waals surface area contributed by atoms with Crippen molar-refractivity contribution in [3.8, 4) is 11.1 Å². The molecule has 0 saturated heterocycles. The number of fused-ring (bicyclic) bond motifs is 3. The summed E-state index contributed by atoms with van der Waals surface area (Å²) in [4.78, 5) is 7.61. The average molecular weight is 361 g/mol. The highest BCUT2D eigenvalue weighted by molar-refractivity contribution is 5.85. The van der Waals surface area contributed by atoms with E-state index in [1.807, 2.05) is 0 Å². The normalized spacial score (nSPS) is 16.4. The van der Waals surface area contributed by atoms with Gasteiger partial charge in [0.05, 0.1) is 11.3 Å². The van der Waals surface area contributed by atoms with Gasteiger partial charge in [-0.25, -0.2) is 4.98 Å². The first-order valence-electron chi connectivity index (χ1n) is 10.2. The number of anilines is 1. The summed E-state index contributed by atoms with van der Waals surface area (Å²) >= 11 is 0. The second-order valence-corrected chi connectivity index (χ2v) is 8.61. The van der Waals surface area contributed by atoms with Gasteiger partial charge in [0.15, 0.2) is 5.65 Å². The van der Waals surface area contributed by atoms with E-state index < -0.39 is 0 Å². The minimum atomic E-state index is 0.872. The van der Waals surface area contributed by atoms with Crippen LogP contribution in [0.3, 0.4) is 0 Å². The molecule has 0 atom stereocenters. The molecule has 1 aliphatic heterocycles. The van der Waals surface area contributed by atoms with Crippen molar-refractivity contribution in [3.05, 3.63) is 45.8 Å². The third kappa shape index (κ3) is 2.57. The molecule has 4 nitrogen and oxygen atoms in total. The zero-order chi connectivity index (χ0) is 18.9. The van der Waals surface area contributed by atoms with Crippen molar-refractivity contribution in [1.29, 1.82) is 0 Å². The topological polar surface area (TPSA) is 33.4 Å². The minimum Gasteiger partial charge on any atom is -0.356 e. The van der Waals surface area contributed by atoms with E-state index in [9.17, 15) is 0 Å². The molecule has 0 amide bonds. The second-order valence-electron chi connectivity index (χ2n) is 8.61. The van der Waals surface area contributed by atoms with Gasteiger partial charge in [-0.1, -0.05) is 17.7 Å². The number of aromatic nitrogens is 3. The molecule has 0 bridgehead atoms. The number of rotatable bonds is 3. The Bertz CT molecular complexity index is 1050. The molecule has 27 heavy (non-hydrogen) atoms. The van der Waals surface area contributed by atoms with Gasteiger partial charge in [-0.2, -0.15) is 9.61 Å². The molecule has 3 aromatic rings. The van der Waals surface area contributed by atoms with E-state index in [1.165, 1.54) is 64.3 Å². The number of nitrogens with zero attached hydrogens (tertiary/aromatic N) is 4. The summed E-state index contributed by atoms with van der Waals surface area (Å²) in [6, 6.07) is 4.54. The van der Waals surface area contributed by atoms with Gasteiger partial charge in [0.2, 0.25) is 0 Å². The van der Waals surface area contributed by atoms with Crippen LogP contribution in [0.25, 0.3) is 16.8 Å². The quantitative estimate of drug-likeness (QED) is 0.678. The number of aryl methyl sites for hydroxylation is 5. The average Bonchev–Trinajstić information content (AvgIpc) is 3.22. The highest BCUT2D eigenvalue weighted by Gasteiger charge is 2.32. The maximum atomic E-state index is 5.05. The van der Waals surface area contributed by atoms with Gasteiger partial charge in [-0.05, 0) is 76.5 Å². The first-order chi connectivity index (χ1) is 12.9. The van der Waals surface area contributed by atoms with Gasteiger partial charge in [0, 0.05) is 24.3 Å². The molecule has 1 saturated carbocycles. The molecule has 3 heterocycles. The molecular formula is C23H28N4. The second kappa shape index (κ2) is 5.82. The van der Waals surface area contributed by atoms with Crippen LogP contribution in [0.4, 0.5) is 5.82 Å². The smallest absolute Gasteiger partial charge is 0.165 e. The summed E-state index contributed by atoms with van der Waals surface area (Å²) < 4.78 is 2.14. The van der Waals surface area contributed by atoms with Crippen LogP contribution < -0.4 is 4.90 Å². The molecular weight excluding hydrogens is 332 g/mol. The van der Waals surface area contributed by atoms with Gasteiger partial charge < -0.3 is 4.90 Å². The molecule has 2 aliphatic rings. The molecule has 0 radical (unpaired) electrons. The lowest BCUT2D eigenvalue weighted by Gasteiger charge is -2.20. The summed E-state index contributed by atoms with van der Waals surface area (Å²) in [6.45, 7) is 13.1. The van der Waals surface area contributed by atoms with Gasteiger partial charge in [-0.3, -0.25) is 0 Å². The lowest BCUT2D eigenvalue weighted by molar-refractivity contribution is 0.727. The van der Waals surface area contributed by atoms with Crippen molar-refractivity contribution < 1.29 is 0 Å². The number of benzene rings is 1. The summed E-state index contributed by atoms with van der Waals surface area (Å²) in [7, 11) is 0. The molecule has 1 fully saturated rings. The van der Waals surface area contributed by atoms with E-state index >= 15 is 0 Å². The molecule has 2 aromatic heterocycles. The van der Waals surface area contributed by atoms with Crippen LogP contribution in [0.1, 0.15) is 46.5 Å². The van der Waals surface area contributed by atoms with E-state index in [4.69, 9.17) is 10.1 Å². The highest BCUT2D eigenvalue weighted by Crippen LogP contribution is 2.40. The van der Waals surface area contributed by atoms with Crippen molar-refractivity contribution in [2.45, 2.75) is 53.9 Å². The Morgan fingerprint density at radius 3 is 2.33 bits per heavy atom. The third-order valence-electron chi connectivity index (χ3n) is 6.25. The molecule has 1 aromatic carbocycles. The first-order valence-corrected chi connectivity index (χ1v) is 10.2. The largest absolute Gasteiger partial charge is 0.356 e. The fourth-order valence-electron chi connectivity index (χ4n) is 4.91. The molecule has 0 N–H and O–H groups in total. The van der Waals surface area contributed by atoms with Crippen LogP contribution in [-0.4, -0.2) is 27.7 Å². The fourth-order valence-corrected chi connectivity index (χ4v) is 4.91. The van der Waals surface area contributed by atoms with Crippen molar-refractivity contribution >= 4 is 11.5 Å². The van der Waals surface area contributed by atoms with Gasteiger partial charge in [0.1, 0.15) is 5.82 Å². The zero-order valence-electron chi connectivity index (χ0n) is 17.1. The van der Waals surface area contributed by atoms with Crippen molar-refractivity contribution in [3.63, 3.8) is 0 Å².